The van der Waals surface area contributed by atoms with E-state index in [-0.39, 0.29) is 18.8 Å². The number of aryl methyl sites for hydroxylation is 1. The third-order valence-electron chi connectivity index (χ3n) is 3.35. The van der Waals surface area contributed by atoms with Crippen LogP contribution in [0.4, 0.5) is 5.69 Å². The predicted octanol–water partition coefficient (Wildman–Crippen LogP) is 1.79. The lowest BCUT2D eigenvalue weighted by Gasteiger charge is -2.24. The maximum Gasteiger partial charge on any atom is 0.287 e. The van der Waals surface area contributed by atoms with E-state index < -0.39 is 15.9 Å². The van der Waals surface area contributed by atoms with E-state index in [1.54, 1.807) is 18.2 Å². The first kappa shape index (κ1) is 17.9. The van der Waals surface area contributed by atoms with Gasteiger partial charge in [-0.2, -0.15) is 0 Å². The Bertz CT molecular complexity index is 800. The van der Waals surface area contributed by atoms with Crippen LogP contribution < -0.4 is 14.4 Å². The Kier molecular flexibility index (Phi) is 5.50. The highest BCUT2D eigenvalue weighted by Gasteiger charge is 2.21. The average molecular weight is 352 g/mol. The topological polar surface area (TPSA) is 88.8 Å². The van der Waals surface area contributed by atoms with Crippen molar-refractivity contribution in [1.29, 1.82) is 0 Å². The van der Waals surface area contributed by atoms with Crippen molar-refractivity contribution >= 4 is 21.6 Å². The molecular weight excluding hydrogens is 332 g/mol. The number of benzene rings is 1. The third kappa shape index (κ3) is 4.29. The van der Waals surface area contributed by atoms with E-state index >= 15 is 0 Å². The van der Waals surface area contributed by atoms with Crippen LogP contribution in [0, 0.1) is 6.92 Å². The van der Waals surface area contributed by atoms with Crippen molar-refractivity contribution in [2.24, 2.45) is 0 Å². The molecule has 0 radical (unpaired) electrons. The second-order valence-electron chi connectivity index (χ2n) is 5.24. The zero-order valence-corrected chi connectivity index (χ0v) is 14.6. The molecule has 1 amide bonds. The van der Waals surface area contributed by atoms with Crippen molar-refractivity contribution in [3.8, 4) is 5.75 Å². The maximum atomic E-state index is 12.2. The highest BCUT2D eigenvalue weighted by atomic mass is 32.2. The zero-order chi connectivity index (χ0) is 17.7. The number of rotatable bonds is 7. The van der Waals surface area contributed by atoms with Gasteiger partial charge in [0.2, 0.25) is 10.0 Å². The molecule has 0 fully saturated rings. The first-order valence-electron chi connectivity index (χ1n) is 7.27. The molecule has 24 heavy (non-hydrogen) atoms. The van der Waals surface area contributed by atoms with Crippen LogP contribution in [0.2, 0.25) is 0 Å². The molecule has 0 spiro atoms. The number of ether oxygens (including phenoxy) is 1. The SMILES string of the molecule is COc1ccc(C)cc1N(CCNC(=O)c1ccco1)S(C)(=O)=O. The molecular formula is C16H20N2O5S. The van der Waals surface area contributed by atoms with Gasteiger partial charge in [-0.15, -0.1) is 0 Å². The second kappa shape index (κ2) is 7.39. The average Bonchev–Trinajstić information content (AvgIpc) is 3.04. The minimum Gasteiger partial charge on any atom is -0.495 e. The lowest BCUT2D eigenvalue weighted by Crippen LogP contribution is -2.38. The quantitative estimate of drug-likeness (QED) is 0.821. The van der Waals surface area contributed by atoms with Gasteiger partial charge in [-0.3, -0.25) is 9.10 Å². The summed E-state index contributed by atoms with van der Waals surface area (Å²) in [5.74, 6) is 0.224. The highest BCUT2D eigenvalue weighted by Crippen LogP contribution is 2.30. The minimum atomic E-state index is -3.54. The number of sulfonamides is 1. The van der Waals surface area contributed by atoms with Crippen molar-refractivity contribution < 1.29 is 22.4 Å². The molecule has 8 heteroatoms. The molecule has 130 valence electrons. The van der Waals surface area contributed by atoms with Gasteiger partial charge >= 0.3 is 0 Å². The molecule has 1 aromatic carbocycles. The number of carbonyl (C=O) groups excluding carboxylic acids is 1. The van der Waals surface area contributed by atoms with Gasteiger partial charge in [0.25, 0.3) is 5.91 Å². The Morgan fingerprint density at radius 2 is 2.08 bits per heavy atom. The number of furan rings is 1. The van der Waals surface area contributed by atoms with Gasteiger partial charge in [0.05, 0.1) is 31.9 Å². The van der Waals surface area contributed by atoms with E-state index in [2.05, 4.69) is 5.32 Å². The summed E-state index contributed by atoms with van der Waals surface area (Å²) in [6.45, 7) is 2.07. The monoisotopic (exact) mass is 352 g/mol. The first-order chi connectivity index (χ1) is 11.3. The molecule has 0 aliphatic carbocycles. The summed E-state index contributed by atoms with van der Waals surface area (Å²) in [6.07, 6.45) is 2.51. The highest BCUT2D eigenvalue weighted by molar-refractivity contribution is 7.92. The zero-order valence-electron chi connectivity index (χ0n) is 13.8. The number of nitrogens with one attached hydrogen (secondary N) is 1. The number of hydrogen-bond acceptors (Lipinski definition) is 5. The largest absolute Gasteiger partial charge is 0.495 e. The summed E-state index contributed by atoms with van der Waals surface area (Å²) in [6, 6.07) is 8.42. The van der Waals surface area contributed by atoms with Crippen LogP contribution in [0.3, 0.4) is 0 Å². The number of hydrogen-bond donors (Lipinski definition) is 1. The van der Waals surface area contributed by atoms with Crippen molar-refractivity contribution in [3.63, 3.8) is 0 Å². The molecule has 1 aromatic heterocycles. The Morgan fingerprint density at radius 3 is 2.67 bits per heavy atom. The van der Waals surface area contributed by atoms with Crippen LogP contribution in [0.15, 0.2) is 41.0 Å². The number of carbonyl (C=O) groups is 1. The molecule has 0 saturated carbocycles. The Labute approximate surface area is 141 Å². The Hall–Kier alpha value is -2.48. The van der Waals surface area contributed by atoms with Crippen molar-refractivity contribution in [2.45, 2.75) is 6.92 Å². The lowest BCUT2D eigenvalue weighted by atomic mass is 10.2. The van der Waals surface area contributed by atoms with Gasteiger partial charge in [-0.1, -0.05) is 6.07 Å². The molecule has 0 aliphatic rings. The molecule has 0 saturated heterocycles. The van der Waals surface area contributed by atoms with Gasteiger partial charge in [-0.25, -0.2) is 8.42 Å². The molecule has 1 heterocycles. The van der Waals surface area contributed by atoms with E-state index in [0.717, 1.165) is 11.8 Å². The normalized spacial score (nSPS) is 11.1. The molecule has 7 nitrogen and oxygen atoms in total. The van der Waals surface area contributed by atoms with Gasteiger partial charge in [0, 0.05) is 6.54 Å². The van der Waals surface area contributed by atoms with E-state index in [9.17, 15) is 13.2 Å². The molecule has 1 N–H and O–H groups in total. The molecule has 0 atom stereocenters. The number of methoxy groups -OCH3 is 1. The Morgan fingerprint density at radius 1 is 1.33 bits per heavy atom. The van der Waals surface area contributed by atoms with Crippen LogP contribution in [0.1, 0.15) is 16.1 Å². The maximum absolute atomic E-state index is 12.2. The summed E-state index contributed by atoms with van der Waals surface area (Å²) in [5, 5.41) is 2.63. The van der Waals surface area contributed by atoms with E-state index in [0.29, 0.717) is 11.4 Å². The third-order valence-corrected chi connectivity index (χ3v) is 4.53. The standard InChI is InChI=1S/C16H20N2O5S/c1-12-6-7-14(22-2)13(11-12)18(24(3,20)21)9-8-17-16(19)15-5-4-10-23-15/h4-7,10-11H,8-9H2,1-3H3,(H,17,19). The van der Waals surface area contributed by atoms with Crippen LogP contribution >= 0.6 is 0 Å². The fourth-order valence-corrected chi connectivity index (χ4v) is 3.15. The molecule has 2 rings (SSSR count). The fraction of sp³-hybridized carbons (Fsp3) is 0.312. The number of amides is 1. The van der Waals surface area contributed by atoms with Crippen molar-refractivity contribution in [3.05, 3.63) is 47.9 Å². The van der Waals surface area contributed by atoms with Gasteiger partial charge < -0.3 is 14.5 Å². The van der Waals surface area contributed by atoms with E-state index in [4.69, 9.17) is 9.15 Å². The van der Waals surface area contributed by atoms with E-state index in [1.165, 1.54) is 23.7 Å². The molecule has 0 aliphatic heterocycles. The second-order valence-corrected chi connectivity index (χ2v) is 7.15. The number of anilines is 1. The van der Waals surface area contributed by atoms with Crippen LogP contribution in [-0.2, 0) is 10.0 Å². The first-order valence-corrected chi connectivity index (χ1v) is 9.12. The van der Waals surface area contributed by atoms with Crippen molar-refractivity contribution in [1.82, 2.24) is 5.32 Å². The van der Waals surface area contributed by atoms with Gasteiger partial charge in [-0.05, 0) is 36.8 Å². The van der Waals surface area contributed by atoms with Gasteiger partial charge in [0.15, 0.2) is 5.76 Å². The summed E-state index contributed by atoms with van der Waals surface area (Å²) >= 11 is 0. The number of nitrogens with zero attached hydrogens (tertiary/aromatic N) is 1. The minimum absolute atomic E-state index is 0.0745. The summed E-state index contributed by atoms with van der Waals surface area (Å²) < 4.78 is 35.8. The van der Waals surface area contributed by atoms with Crippen molar-refractivity contribution in [2.75, 3.05) is 30.8 Å². The molecule has 0 bridgehead atoms. The summed E-state index contributed by atoms with van der Waals surface area (Å²) in [4.78, 5) is 11.9. The smallest absolute Gasteiger partial charge is 0.287 e. The molecule has 2 aromatic rings. The summed E-state index contributed by atoms with van der Waals surface area (Å²) in [5.41, 5.74) is 1.34. The summed E-state index contributed by atoms with van der Waals surface area (Å²) in [7, 11) is -2.06. The van der Waals surface area contributed by atoms with Crippen LogP contribution in [0.25, 0.3) is 0 Å². The Balaban J connectivity index is 2.16. The van der Waals surface area contributed by atoms with E-state index in [1.807, 2.05) is 13.0 Å². The predicted molar refractivity (Wildman–Crippen MR) is 91.0 cm³/mol. The lowest BCUT2D eigenvalue weighted by molar-refractivity contribution is 0.0927. The molecule has 0 unspecified atom stereocenters. The van der Waals surface area contributed by atoms with Crippen LogP contribution in [0.5, 0.6) is 5.75 Å². The van der Waals surface area contributed by atoms with Gasteiger partial charge in [0.1, 0.15) is 5.75 Å². The fourth-order valence-electron chi connectivity index (χ4n) is 2.23. The van der Waals surface area contributed by atoms with Crippen LogP contribution in [-0.4, -0.2) is 40.8 Å².